The average Bonchev–Trinajstić information content (AvgIpc) is 2.28. The van der Waals surface area contributed by atoms with Crippen molar-refractivity contribution in [1.82, 2.24) is 5.32 Å². The predicted molar refractivity (Wildman–Crippen MR) is 76.1 cm³/mol. The molecule has 3 heteroatoms. The Hall–Kier alpha value is -0.570. The molecule has 0 unspecified atom stereocenters. The first kappa shape index (κ1) is 15.5. The molecule has 106 valence electrons. The molecule has 0 aromatic heterocycles. The van der Waals surface area contributed by atoms with Crippen molar-refractivity contribution in [2.75, 3.05) is 6.54 Å². The summed E-state index contributed by atoms with van der Waals surface area (Å²) in [5.74, 6) is 1.87. The van der Waals surface area contributed by atoms with Gasteiger partial charge in [-0.25, -0.2) is 0 Å². The van der Waals surface area contributed by atoms with E-state index in [1.165, 1.54) is 0 Å². The first-order valence-electron chi connectivity index (χ1n) is 7.46. The maximum absolute atomic E-state index is 12.3. The number of amides is 1. The van der Waals surface area contributed by atoms with Gasteiger partial charge >= 0.3 is 0 Å². The maximum Gasteiger partial charge on any atom is 0.223 e. The lowest BCUT2D eigenvalue weighted by Crippen LogP contribution is -2.44. The second kappa shape index (κ2) is 7.13. The standard InChI is InChI=1S/C15H30N2O/c1-10(2)14(11(3)4)15(18)17-13-7-5-12(9-16)6-8-13/h10-14H,5-9,16H2,1-4H3,(H,17,18). The van der Waals surface area contributed by atoms with Gasteiger partial charge in [-0.05, 0) is 50.0 Å². The monoisotopic (exact) mass is 254 g/mol. The van der Waals surface area contributed by atoms with Crippen molar-refractivity contribution >= 4 is 5.91 Å². The van der Waals surface area contributed by atoms with E-state index in [0.717, 1.165) is 32.2 Å². The van der Waals surface area contributed by atoms with E-state index in [-0.39, 0.29) is 11.8 Å². The van der Waals surface area contributed by atoms with Crippen LogP contribution in [0.25, 0.3) is 0 Å². The van der Waals surface area contributed by atoms with E-state index in [9.17, 15) is 4.79 Å². The van der Waals surface area contributed by atoms with Gasteiger partial charge in [-0.2, -0.15) is 0 Å². The lowest BCUT2D eigenvalue weighted by atomic mass is 9.83. The summed E-state index contributed by atoms with van der Waals surface area (Å²) in [6, 6.07) is 0.375. The van der Waals surface area contributed by atoms with Crippen LogP contribution in [-0.2, 0) is 4.79 Å². The highest BCUT2D eigenvalue weighted by molar-refractivity contribution is 5.79. The number of hydrogen-bond acceptors (Lipinski definition) is 2. The van der Waals surface area contributed by atoms with Crippen LogP contribution >= 0.6 is 0 Å². The largest absolute Gasteiger partial charge is 0.353 e. The molecule has 1 amide bonds. The second-order valence-electron chi connectivity index (χ2n) is 6.48. The number of carbonyl (C=O) groups excluding carboxylic acids is 1. The van der Waals surface area contributed by atoms with Crippen LogP contribution in [-0.4, -0.2) is 18.5 Å². The molecular formula is C15H30N2O. The Morgan fingerprint density at radius 3 is 2.00 bits per heavy atom. The Kier molecular flexibility index (Phi) is 6.13. The highest BCUT2D eigenvalue weighted by Crippen LogP contribution is 2.25. The highest BCUT2D eigenvalue weighted by Gasteiger charge is 2.28. The fourth-order valence-electron chi connectivity index (χ4n) is 3.22. The quantitative estimate of drug-likeness (QED) is 0.792. The molecule has 0 atom stereocenters. The molecule has 3 nitrogen and oxygen atoms in total. The maximum atomic E-state index is 12.3. The molecule has 1 aliphatic rings. The van der Waals surface area contributed by atoms with Crippen LogP contribution in [0.1, 0.15) is 53.4 Å². The van der Waals surface area contributed by atoms with Crippen molar-refractivity contribution in [3.8, 4) is 0 Å². The van der Waals surface area contributed by atoms with Crippen LogP contribution in [0.5, 0.6) is 0 Å². The number of carbonyl (C=O) groups is 1. The third-order valence-electron chi connectivity index (χ3n) is 4.27. The molecule has 3 N–H and O–H groups in total. The van der Waals surface area contributed by atoms with Crippen LogP contribution < -0.4 is 11.1 Å². The molecular weight excluding hydrogens is 224 g/mol. The van der Waals surface area contributed by atoms with Gasteiger partial charge in [0.2, 0.25) is 5.91 Å². The summed E-state index contributed by atoms with van der Waals surface area (Å²) in [5.41, 5.74) is 5.69. The fourth-order valence-corrected chi connectivity index (χ4v) is 3.22. The van der Waals surface area contributed by atoms with Crippen LogP contribution in [0.4, 0.5) is 0 Å². The molecule has 0 aromatic rings. The normalized spacial score (nSPS) is 24.9. The van der Waals surface area contributed by atoms with E-state index in [1.807, 2.05) is 0 Å². The van der Waals surface area contributed by atoms with Crippen LogP contribution in [0.2, 0.25) is 0 Å². The van der Waals surface area contributed by atoms with Crippen molar-refractivity contribution < 1.29 is 4.79 Å². The highest BCUT2D eigenvalue weighted by atomic mass is 16.2. The van der Waals surface area contributed by atoms with E-state index in [2.05, 4.69) is 33.0 Å². The zero-order chi connectivity index (χ0) is 13.7. The first-order valence-corrected chi connectivity index (χ1v) is 7.46. The van der Waals surface area contributed by atoms with Crippen molar-refractivity contribution in [3.63, 3.8) is 0 Å². The minimum atomic E-state index is 0.136. The van der Waals surface area contributed by atoms with Crippen LogP contribution in [0.3, 0.4) is 0 Å². The van der Waals surface area contributed by atoms with Gasteiger partial charge in [0, 0.05) is 12.0 Å². The minimum absolute atomic E-state index is 0.136. The Labute approximate surface area is 112 Å². The van der Waals surface area contributed by atoms with Gasteiger partial charge in [-0.3, -0.25) is 4.79 Å². The van der Waals surface area contributed by atoms with Crippen LogP contribution in [0.15, 0.2) is 0 Å². The molecule has 1 fully saturated rings. The van der Waals surface area contributed by atoms with E-state index in [1.54, 1.807) is 0 Å². The summed E-state index contributed by atoms with van der Waals surface area (Å²) < 4.78 is 0. The lowest BCUT2D eigenvalue weighted by molar-refractivity contribution is -0.128. The fraction of sp³-hybridized carbons (Fsp3) is 0.933. The SMILES string of the molecule is CC(C)C(C(=O)NC1CCC(CN)CC1)C(C)C. The Bertz CT molecular complexity index is 247. The van der Waals surface area contributed by atoms with Gasteiger partial charge in [0.05, 0.1) is 0 Å². The number of nitrogens with one attached hydrogen (secondary N) is 1. The van der Waals surface area contributed by atoms with E-state index >= 15 is 0 Å². The zero-order valence-corrected chi connectivity index (χ0v) is 12.4. The van der Waals surface area contributed by atoms with Crippen molar-refractivity contribution in [2.45, 2.75) is 59.4 Å². The predicted octanol–water partition coefficient (Wildman–Crippen LogP) is 2.55. The Morgan fingerprint density at radius 2 is 1.61 bits per heavy atom. The molecule has 0 spiro atoms. The number of rotatable bonds is 5. The molecule has 1 aliphatic carbocycles. The molecule has 0 aromatic carbocycles. The van der Waals surface area contributed by atoms with Crippen LogP contribution in [0, 0.1) is 23.7 Å². The zero-order valence-electron chi connectivity index (χ0n) is 12.4. The summed E-state index contributed by atoms with van der Waals surface area (Å²) in [6.45, 7) is 9.33. The topological polar surface area (TPSA) is 55.1 Å². The molecule has 0 radical (unpaired) electrons. The molecule has 0 aliphatic heterocycles. The van der Waals surface area contributed by atoms with Crippen molar-refractivity contribution in [1.29, 1.82) is 0 Å². The van der Waals surface area contributed by atoms with Gasteiger partial charge in [0.25, 0.3) is 0 Å². The number of hydrogen-bond donors (Lipinski definition) is 2. The summed E-state index contributed by atoms with van der Waals surface area (Å²) in [5, 5.41) is 3.25. The molecule has 0 saturated heterocycles. The first-order chi connectivity index (χ1) is 8.45. The molecule has 0 bridgehead atoms. The van der Waals surface area contributed by atoms with Gasteiger partial charge in [0.15, 0.2) is 0 Å². The third-order valence-corrected chi connectivity index (χ3v) is 4.27. The third kappa shape index (κ3) is 4.27. The Morgan fingerprint density at radius 1 is 1.11 bits per heavy atom. The molecule has 1 rings (SSSR count). The average molecular weight is 254 g/mol. The summed E-state index contributed by atoms with van der Waals surface area (Å²) in [4.78, 5) is 12.3. The summed E-state index contributed by atoms with van der Waals surface area (Å²) in [6.07, 6.45) is 4.51. The molecule has 1 saturated carbocycles. The van der Waals surface area contributed by atoms with Gasteiger partial charge < -0.3 is 11.1 Å². The van der Waals surface area contributed by atoms with Gasteiger partial charge in [0.1, 0.15) is 0 Å². The minimum Gasteiger partial charge on any atom is -0.353 e. The lowest BCUT2D eigenvalue weighted by Gasteiger charge is -2.31. The van der Waals surface area contributed by atoms with Crippen molar-refractivity contribution in [2.24, 2.45) is 29.4 Å². The second-order valence-corrected chi connectivity index (χ2v) is 6.48. The molecule has 0 heterocycles. The summed E-state index contributed by atoms with van der Waals surface area (Å²) in [7, 11) is 0. The van der Waals surface area contributed by atoms with E-state index in [4.69, 9.17) is 5.73 Å². The van der Waals surface area contributed by atoms with Crippen molar-refractivity contribution in [3.05, 3.63) is 0 Å². The van der Waals surface area contributed by atoms with Gasteiger partial charge in [-0.15, -0.1) is 0 Å². The smallest absolute Gasteiger partial charge is 0.223 e. The molecule has 18 heavy (non-hydrogen) atoms. The van der Waals surface area contributed by atoms with E-state index < -0.39 is 0 Å². The Balaban J connectivity index is 2.44. The summed E-state index contributed by atoms with van der Waals surface area (Å²) >= 11 is 0. The number of nitrogens with two attached hydrogens (primary N) is 1. The van der Waals surface area contributed by atoms with Gasteiger partial charge in [-0.1, -0.05) is 27.7 Å². The van der Waals surface area contributed by atoms with E-state index in [0.29, 0.717) is 23.8 Å².